The molecule has 2 aliphatic rings. The van der Waals surface area contributed by atoms with Crippen molar-refractivity contribution in [3.8, 4) is 11.5 Å². The molecule has 4 rings (SSSR count). The van der Waals surface area contributed by atoms with E-state index in [1.807, 2.05) is 35.2 Å². The highest BCUT2D eigenvalue weighted by atomic mass is 16.5. The summed E-state index contributed by atoms with van der Waals surface area (Å²) in [4.78, 5) is 18.7. The second-order valence-electron chi connectivity index (χ2n) is 6.38. The molecule has 3 heterocycles. The van der Waals surface area contributed by atoms with E-state index in [4.69, 9.17) is 9.47 Å². The van der Waals surface area contributed by atoms with Gasteiger partial charge < -0.3 is 14.4 Å². The van der Waals surface area contributed by atoms with Crippen molar-refractivity contribution < 1.29 is 14.3 Å². The van der Waals surface area contributed by atoms with Gasteiger partial charge in [0.25, 0.3) is 5.91 Å². The van der Waals surface area contributed by atoms with E-state index in [9.17, 15) is 4.79 Å². The summed E-state index contributed by atoms with van der Waals surface area (Å²) in [7, 11) is 0. The summed E-state index contributed by atoms with van der Waals surface area (Å²) >= 11 is 0. The van der Waals surface area contributed by atoms with Gasteiger partial charge in [0.15, 0.2) is 0 Å². The fourth-order valence-corrected chi connectivity index (χ4v) is 3.32. The topological polar surface area (TPSA) is 51.7 Å². The molecular weight excluding hydrogens is 304 g/mol. The summed E-state index contributed by atoms with van der Waals surface area (Å²) in [5.41, 5.74) is 0.516. The first kappa shape index (κ1) is 15.1. The van der Waals surface area contributed by atoms with Crippen molar-refractivity contribution in [3.63, 3.8) is 0 Å². The first-order valence-electron chi connectivity index (χ1n) is 8.35. The lowest BCUT2D eigenvalue weighted by Gasteiger charge is -2.42. The van der Waals surface area contributed by atoms with Crippen LogP contribution in [0.15, 0.2) is 48.8 Å². The van der Waals surface area contributed by atoms with E-state index in [0.29, 0.717) is 28.9 Å². The zero-order valence-corrected chi connectivity index (χ0v) is 13.4. The number of rotatable bonds is 4. The highest BCUT2D eigenvalue weighted by molar-refractivity contribution is 5.97. The maximum Gasteiger partial charge on any atom is 0.259 e. The second kappa shape index (κ2) is 6.61. The monoisotopic (exact) mass is 324 g/mol. The predicted octanol–water partition coefficient (Wildman–Crippen LogP) is 2.98. The number of ether oxygens (including phenoxy) is 2. The number of hydrogen-bond donors (Lipinski definition) is 0. The van der Waals surface area contributed by atoms with Crippen LogP contribution >= 0.6 is 0 Å². The Bertz CT molecular complexity index is 708. The van der Waals surface area contributed by atoms with Crippen LogP contribution in [0.2, 0.25) is 0 Å². The van der Waals surface area contributed by atoms with Crippen LogP contribution in [-0.2, 0) is 4.74 Å². The number of amides is 1. The number of carbonyl (C=O) groups is 1. The molecule has 2 aliphatic heterocycles. The Labute approximate surface area is 141 Å². The van der Waals surface area contributed by atoms with Gasteiger partial charge in [0.2, 0.25) is 0 Å². The van der Waals surface area contributed by atoms with Crippen LogP contribution in [0.4, 0.5) is 0 Å². The maximum absolute atomic E-state index is 12.8. The molecule has 0 N–H and O–H groups in total. The number of nitrogens with zero attached hydrogens (tertiary/aromatic N) is 2. The van der Waals surface area contributed by atoms with Gasteiger partial charge in [-0.2, -0.15) is 0 Å². The number of carbonyl (C=O) groups excluding carboxylic acids is 1. The third-order valence-electron chi connectivity index (χ3n) is 4.81. The van der Waals surface area contributed by atoms with E-state index in [1.165, 1.54) is 0 Å². The van der Waals surface area contributed by atoms with Crippen LogP contribution < -0.4 is 4.74 Å². The molecule has 124 valence electrons. The zero-order valence-electron chi connectivity index (χ0n) is 13.4. The lowest BCUT2D eigenvalue weighted by Crippen LogP contribution is -2.52. The van der Waals surface area contributed by atoms with Gasteiger partial charge in [-0.3, -0.25) is 9.78 Å². The molecule has 1 amide bonds. The number of likely N-dealkylation sites (tertiary alicyclic amines) is 1. The van der Waals surface area contributed by atoms with E-state index in [2.05, 4.69) is 4.98 Å². The molecule has 1 atom stereocenters. The Morgan fingerprint density at radius 3 is 2.75 bits per heavy atom. The average Bonchev–Trinajstić information content (AvgIpc) is 3.09. The quantitative estimate of drug-likeness (QED) is 0.867. The van der Waals surface area contributed by atoms with Crippen molar-refractivity contribution in [3.05, 3.63) is 54.4 Å². The average molecular weight is 324 g/mol. The molecular formula is C19H20N2O3. The Hall–Kier alpha value is -2.40. The number of benzene rings is 1. The molecule has 1 unspecified atom stereocenters. The molecule has 2 saturated heterocycles. The molecule has 2 aromatic rings. The molecule has 0 bridgehead atoms. The van der Waals surface area contributed by atoms with E-state index >= 15 is 0 Å². The van der Waals surface area contributed by atoms with Gasteiger partial charge in [0, 0.05) is 38.7 Å². The highest BCUT2D eigenvalue weighted by Crippen LogP contribution is 2.32. The van der Waals surface area contributed by atoms with Gasteiger partial charge in [-0.05, 0) is 36.5 Å². The Morgan fingerprint density at radius 1 is 1.17 bits per heavy atom. The lowest BCUT2D eigenvalue weighted by molar-refractivity contribution is 0.0339. The minimum absolute atomic E-state index is 0.0100. The van der Waals surface area contributed by atoms with E-state index in [1.54, 1.807) is 18.5 Å². The molecule has 1 aromatic carbocycles. The molecule has 0 saturated carbocycles. The molecule has 5 heteroatoms. The molecule has 0 radical (unpaired) electrons. The zero-order chi connectivity index (χ0) is 16.4. The number of para-hydroxylation sites is 1. The number of aromatic nitrogens is 1. The van der Waals surface area contributed by atoms with Gasteiger partial charge in [-0.25, -0.2) is 0 Å². The van der Waals surface area contributed by atoms with Crippen LogP contribution in [0.1, 0.15) is 16.8 Å². The maximum atomic E-state index is 12.8. The molecule has 2 fully saturated rings. The van der Waals surface area contributed by atoms with Crippen molar-refractivity contribution >= 4 is 5.91 Å². The van der Waals surface area contributed by atoms with E-state index in [0.717, 1.165) is 32.7 Å². The van der Waals surface area contributed by atoms with Crippen molar-refractivity contribution in [1.82, 2.24) is 9.88 Å². The van der Waals surface area contributed by atoms with Crippen LogP contribution in [-0.4, -0.2) is 42.1 Å². The Balaban J connectivity index is 1.45. The van der Waals surface area contributed by atoms with E-state index in [-0.39, 0.29) is 5.91 Å². The SMILES string of the molecule is O=C(c1cnccc1Oc1ccccc1)N1CC(C2CCOC2)C1. The third kappa shape index (κ3) is 2.99. The smallest absolute Gasteiger partial charge is 0.259 e. The minimum atomic E-state index is -0.0100. The Kier molecular flexibility index (Phi) is 4.17. The summed E-state index contributed by atoms with van der Waals surface area (Å²) in [6.45, 7) is 3.29. The first-order chi connectivity index (χ1) is 11.8. The Morgan fingerprint density at radius 2 is 2.00 bits per heavy atom. The van der Waals surface area contributed by atoms with Crippen molar-refractivity contribution in [2.75, 3.05) is 26.3 Å². The van der Waals surface area contributed by atoms with E-state index < -0.39 is 0 Å². The van der Waals surface area contributed by atoms with Crippen molar-refractivity contribution in [2.45, 2.75) is 6.42 Å². The van der Waals surface area contributed by atoms with Gasteiger partial charge in [0.05, 0.1) is 0 Å². The molecule has 5 nitrogen and oxygen atoms in total. The van der Waals surface area contributed by atoms with Gasteiger partial charge in [-0.1, -0.05) is 18.2 Å². The summed E-state index contributed by atoms with van der Waals surface area (Å²) in [6, 6.07) is 11.2. The predicted molar refractivity (Wildman–Crippen MR) is 89.1 cm³/mol. The standard InChI is InChI=1S/C19H20N2O3/c22-19(21-11-15(12-21)14-7-9-23-13-14)17-10-20-8-6-18(17)24-16-4-2-1-3-5-16/h1-6,8,10,14-15H,7,9,11-13H2. The second-order valence-corrected chi connectivity index (χ2v) is 6.38. The largest absolute Gasteiger partial charge is 0.456 e. The molecule has 0 aliphatic carbocycles. The number of pyridine rings is 1. The van der Waals surface area contributed by atoms with Gasteiger partial charge in [0.1, 0.15) is 17.1 Å². The van der Waals surface area contributed by atoms with Crippen LogP contribution in [0.25, 0.3) is 0 Å². The summed E-state index contributed by atoms with van der Waals surface area (Å²) < 4.78 is 11.3. The lowest BCUT2D eigenvalue weighted by atomic mass is 9.85. The van der Waals surface area contributed by atoms with Gasteiger partial charge in [-0.15, -0.1) is 0 Å². The fraction of sp³-hybridized carbons (Fsp3) is 0.368. The third-order valence-corrected chi connectivity index (χ3v) is 4.81. The molecule has 24 heavy (non-hydrogen) atoms. The summed E-state index contributed by atoms with van der Waals surface area (Å²) in [5.74, 6) is 2.41. The van der Waals surface area contributed by atoms with Crippen molar-refractivity contribution in [2.24, 2.45) is 11.8 Å². The summed E-state index contributed by atoms with van der Waals surface area (Å²) in [5, 5.41) is 0. The summed E-state index contributed by atoms with van der Waals surface area (Å²) in [6.07, 6.45) is 4.35. The van der Waals surface area contributed by atoms with Crippen molar-refractivity contribution in [1.29, 1.82) is 0 Å². The van der Waals surface area contributed by atoms with Crippen LogP contribution in [0, 0.1) is 11.8 Å². The minimum Gasteiger partial charge on any atom is -0.456 e. The number of hydrogen-bond acceptors (Lipinski definition) is 4. The highest BCUT2D eigenvalue weighted by Gasteiger charge is 2.38. The van der Waals surface area contributed by atoms with Crippen LogP contribution in [0.3, 0.4) is 0 Å². The fourth-order valence-electron chi connectivity index (χ4n) is 3.32. The first-order valence-corrected chi connectivity index (χ1v) is 8.35. The van der Waals surface area contributed by atoms with Crippen LogP contribution in [0.5, 0.6) is 11.5 Å². The molecule has 1 aromatic heterocycles. The normalized spacial score (nSPS) is 20.7. The molecule has 0 spiro atoms. The van der Waals surface area contributed by atoms with Gasteiger partial charge >= 0.3 is 0 Å².